The third-order valence-corrected chi connectivity index (χ3v) is 6.05. The molecule has 0 saturated heterocycles. The second kappa shape index (κ2) is 6.01. The molecular weight excluding hydrogens is 340 g/mol. The molecule has 0 spiro atoms. The molecule has 2 aliphatic rings. The minimum Gasteiger partial charge on any atom is -0.369 e. The molecule has 2 atom stereocenters. The van der Waals surface area contributed by atoms with Crippen molar-refractivity contribution < 1.29 is 9.32 Å². The summed E-state index contributed by atoms with van der Waals surface area (Å²) in [6.07, 6.45) is 6.28. The first-order valence-electron chi connectivity index (χ1n) is 9.30. The molecule has 6 heteroatoms. The molecule has 136 valence electrons. The van der Waals surface area contributed by atoms with Crippen molar-refractivity contribution in [1.82, 2.24) is 15.1 Å². The highest BCUT2D eigenvalue weighted by Crippen LogP contribution is 2.48. The molecule has 0 aliphatic heterocycles. The summed E-state index contributed by atoms with van der Waals surface area (Å²) in [5, 5.41) is 4.12. The van der Waals surface area contributed by atoms with Crippen molar-refractivity contribution in [3.8, 4) is 23.0 Å². The maximum Gasteiger partial charge on any atom is 0.276 e. The largest absolute Gasteiger partial charge is 0.369 e. The van der Waals surface area contributed by atoms with E-state index >= 15 is 0 Å². The summed E-state index contributed by atoms with van der Waals surface area (Å²) in [4.78, 5) is 20.9. The van der Waals surface area contributed by atoms with E-state index in [9.17, 15) is 4.79 Å². The van der Waals surface area contributed by atoms with Crippen molar-refractivity contribution in [3.05, 3.63) is 53.7 Å². The highest BCUT2D eigenvalue weighted by Gasteiger charge is 2.46. The summed E-state index contributed by atoms with van der Waals surface area (Å²) < 4.78 is 5.38. The number of benzene rings is 1. The topological polar surface area (TPSA) is 94.9 Å². The molecule has 2 aliphatic carbocycles. The maximum atomic E-state index is 12.2. The number of carbonyl (C=O) groups excluding carboxylic acids is 1. The molecule has 0 radical (unpaired) electrons. The predicted molar refractivity (Wildman–Crippen MR) is 99.3 cm³/mol. The van der Waals surface area contributed by atoms with Gasteiger partial charge in [0.2, 0.25) is 11.7 Å². The molecule has 1 aromatic carbocycles. The Kier molecular flexibility index (Phi) is 3.60. The van der Waals surface area contributed by atoms with E-state index in [0.717, 1.165) is 31.2 Å². The molecule has 2 bridgehead atoms. The number of fused-ring (bicyclic) bond motifs is 3. The van der Waals surface area contributed by atoms with Gasteiger partial charge >= 0.3 is 0 Å². The number of rotatable bonds is 3. The van der Waals surface area contributed by atoms with Gasteiger partial charge in [-0.3, -0.25) is 9.78 Å². The van der Waals surface area contributed by atoms with Crippen LogP contribution in [0.5, 0.6) is 0 Å². The summed E-state index contributed by atoms with van der Waals surface area (Å²) in [6, 6.07) is 11.8. The van der Waals surface area contributed by atoms with E-state index in [-0.39, 0.29) is 5.91 Å². The van der Waals surface area contributed by atoms with E-state index in [4.69, 9.17) is 10.3 Å². The van der Waals surface area contributed by atoms with Gasteiger partial charge in [0.25, 0.3) is 5.89 Å². The molecule has 2 unspecified atom stereocenters. The van der Waals surface area contributed by atoms with Crippen LogP contribution in [0, 0.1) is 11.3 Å². The van der Waals surface area contributed by atoms with Crippen molar-refractivity contribution in [1.29, 1.82) is 0 Å². The molecule has 5 rings (SSSR count). The SMILES string of the molecule is NC(=O)C12CCC(Cc3ccc(-c4noc(-c5ccccn5)n4)cc3C1)C2. The Morgan fingerprint density at radius 3 is 2.96 bits per heavy atom. The normalized spacial score (nSPS) is 23.6. The third kappa shape index (κ3) is 2.72. The Bertz CT molecular complexity index is 1010. The first-order valence-corrected chi connectivity index (χ1v) is 9.30. The number of hydrogen-bond acceptors (Lipinski definition) is 5. The van der Waals surface area contributed by atoms with Gasteiger partial charge in [-0.05, 0) is 67.3 Å². The standard InChI is InChI=1S/C21H20N4O2/c22-20(26)21-7-6-13(11-21)9-14-4-5-15(10-16(14)12-21)18-24-19(27-25-18)17-3-1-2-8-23-17/h1-5,8,10,13H,6-7,9,11-12H2,(H2,22,26). The van der Waals surface area contributed by atoms with Gasteiger partial charge in [-0.15, -0.1) is 0 Å². The molecule has 3 aromatic rings. The predicted octanol–water partition coefficient (Wildman–Crippen LogP) is 3.17. The molecule has 2 aromatic heterocycles. The second-order valence-corrected chi connectivity index (χ2v) is 7.76. The van der Waals surface area contributed by atoms with E-state index in [1.54, 1.807) is 6.20 Å². The highest BCUT2D eigenvalue weighted by molar-refractivity contribution is 5.82. The summed E-state index contributed by atoms with van der Waals surface area (Å²) in [5.41, 5.74) is 9.42. The number of amides is 1. The molecule has 27 heavy (non-hydrogen) atoms. The van der Waals surface area contributed by atoms with Crippen LogP contribution >= 0.6 is 0 Å². The molecular formula is C21H20N4O2. The number of primary amides is 1. The summed E-state index contributed by atoms with van der Waals surface area (Å²) >= 11 is 0. The minimum atomic E-state index is -0.398. The van der Waals surface area contributed by atoms with Crippen LogP contribution in [0.1, 0.15) is 30.4 Å². The molecule has 1 amide bonds. The van der Waals surface area contributed by atoms with E-state index in [0.29, 0.717) is 29.7 Å². The van der Waals surface area contributed by atoms with Crippen LogP contribution in [0.25, 0.3) is 23.0 Å². The fraction of sp³-hybridized carbons (Fsp3) is 0.333. The van der Waals surface area contributed by atoms with E-state index < -0.39 is 5.41 Å². The number of carbonyl (C=O) groups is 1. The van der Waals surface area contributed by atoms with Crippen LogP contribution in [-0.4, -0.2) is 21.0 Å². The van der Waals surface area contributed by atoms with Gasteiger partial charge in [0, 0.05) is 11.8 Å². The minimum absolute atomic E-state index is 0.166. The zero-order valence-electron chi connectivity index (χ0n) is 14.9. The summed E-state index contributed by atoms with van der Waals surface area (Å²) in [6.45, 7) is 0. The quantitative estimate of drug-likeness (QED) is 0.774. The molecule has 1 saturated carbocycles. The number of nitrogens with zero attached hydrogens (tertiary/aromatic N) is 3. The van der Waals surface area contributed by atoms with Gasteiger partial charge in [0.15, 0.2) is 0 Å². The van der Waals surface area contributed by atoms with Crippen LogP contribution in [0.15, 0.2) is 47.1 Å². The fourth-order valence-corrected chi connectivity index (χ4v) is 4.62. The first-order chi connectivity index (χ1) is 13.1. The Balaban J connectivity index is 1.51. The first kappa shape index (κ1) is 16.2. The van der Waals surface area contributed by atoms with E-state index in [1.807, 2.05) is 24.3 Å². The molecule has 2 heterocycles. The van der Waals surface area contributed by atoms with Crippen molar-refractivity contribution >= 4 is 5.91 Å². The Morgan fingerprint density at radius 2 is 2.15 bits per heavy atom. The van der Waals surface area contributed by atoms with Crippen LogP contribution in [0.2, 0.25) is 0 Å². The zero-order valence-corrected chi connectivity index (χ0v) is 14.9. The second-order valence-electron chi connectivity index (χ2n) is 7.76. The lowest BCUT2D eigenvalue weighted by atomic mass is 9.79. The van der Waals surface area contributed by atoms with Crippen LogP contribution in [0.3, 0.4) is 0 Å². The molecule has 2 N–H and O–H groups in total. The van der Waals surface area contributed by atoms with Gasteiger partial charge in [-0.2, -0.15) is 4.98 Å². The summed E-state index contributed by atoms with van der Waals surface area (Å²) in [7, 11) is 0. The average molecular weight is 360 g/mol. The number of hydrogen-bond donors (Lipinski definition) is 1. The average Bonchev–Trinajstić information content (AvgIpc) is 3.28. The van der Waals surface area contributed by atoms with E-state index in [2.05, 4.69) is 27.3 Å². The zero-order chi connectivity index (χ0) is 18.4. The van der Waals surface area contributed by atoms with Crippen molar-refractivity contribution in [2.45, 2.75) is 32.1 Å². The van der Waals surface area contributed by atoms with Gasteiger partial charge in [0.05, 0.1) is 5.41 Å². The Hall–Kier alpha value is -3.02. The van der Waals surface area contributed by atoms with Gasteiger partial charge in [0.1, 0.15) is 5.69 Å². The van der Waals surface area contributed by atoms with Crippen molar-refractivity contribution in [2.24, 2.45) is 17.1 Å². The number of nitrogens with two attached hydrogens (primary N) is 1. The van der Waals surface area contributed by atoms with Crippen molar-refractivity contribution in [2.75, 3.05) is 0 Å². The third-order valence-electron chi connectivity index (χ3n) is 6.05. The van der Waals surface area contributed by atoms with Crippen LogP contribution in [-0.2, 0) is 17.6 Å². The number of aromatic nitrogens is 3. The molecule has 6 nitrogen and oxygen atoms in total. The number of pyridine rings is 1. The van der Waals surface area contributed by atoms with Gasteiger partial charge < -0.3 is 10.3 Å². The van der Waals surface area contributed by atoms with Crippen LogP contribution < -0.4 is 5.73 Å². The Morgan fingerprint density at radius 1 is 1.22 bits per heavy atom. The van der Waals surface area contributed by atoms with E-state index in [1.165, 1.54) is 11.1 Å². The van der Waals surface area contributed by atoms with Crippen LogP contribution in [0.4, 0.5) is 0 Å². The lowest BCUT2D eigenvalue weighted by Crippen LogP contribution is -2.36. The lowest BCUT2D eigenvalue weighted by molar-refractivity contribution is -0.127. The Labute approximate surface area is 156 Å². The van der Waals surface area contributed by atoms with Crippen molar-refractivity contribution in [3.63, 3.8) is 0 Å². The van der Waals surface area contributed by atoms with Gasteiger partial charge in [-0.1, -0.05) is 23.4 Å². The fourth-order valence-electron chi connectivity index (χ4n) is 4.62. The molecule has 1 fully saturated rings. The lowest BCUT2D eigenvalue weighted by Gasteiger charge is -2.25. The highest BCUT2D eigenvalue weighted by atomic mass is 16.5. The summed E-state index contributed by atoms with van der Waals surface area (Å²) in [5.74, 6) is 1.31. The maximum absolute atomic E-state index is 12.2. The smallest absolute Gasteiger partial charge is 0.276 e. The monoisotopic (exact) mass is 360 g/mol. The van der Waals surface area contributed by atoms with Gasteiger partial charge in [-0.25, -0.2) is 0 Å².